The second-order valence-electron chi connectivity index (χ2n) is 3.65. The van der Waals surface area contributed by atoms with Gasteiger partial charge in [-0.3, -0.25) is 0 Å². The van der Waals surface area contributed by atoms with Gasteiger partial charge in [0.2, 0.25) is 0 Å². The van der Waals surface area contributed by atoms with Gasteiger partial charge in [0, 0.05) is 5.56 Å². The Morgan fingerprint density at radius 2 is 1.75 bits per heavy atom. The van der Waals surface area contributed by atoms with Crippen LogP contribution in [-0.4, -0.2) is 0 Å². The Hall–Kier alpha value is -1.34. The molecule has 0 amide bonds. The average Bonchev–Trinajstić information content (AvgIpc) is 2.30. The third kappa shape index (κ3) is 2.10. The summed E-state index contributed by atoms with van der Waals surface area (Å²) in [6.07, 6.45) is 0.977. The molecule has 0 aromatic heterocycles. The van der Waals surface area contributed by atoms with Crippen LogP contribution in [0.4, 0.5) is 4.39 Å². The highest BCUT2D eigenvalue weighted by Crippen LogP contribution is 2.30. The molecule has 0 fully saturated rings. The molecule has 0 nitrogen and oxygen atoms in total. The van der Waals surface area contributed by atoms with Gasteiger partial charge in [0.05, 0.1) is 5.02 Å². The molecule has 82 valence electrons. The second-order valence-corrected chi connectivity index (χ2v) is 4.05. The average molecular weight is 235 g/mol. The minimum atomic E-state index is -0.281. The summed E-state index contributed by atoms with van der Waals surface area (Å²) in [4.78, 5) is 0. The topological polar surface area (TPSA) is 0 Å². The Bertz CT molecular complexity index is 468. The third-order valence-electron chi connectivity index (χ3n) is 2.61. The van der Waals surface area contributed by atoms with Gasteiger partial charge >= 0.3 is 0 Å². The number of rotatable bonds is 2. The molecule has 0 radical (unpaired) electrons. The molecule has 0 atom stereocenters. The number of hydrogen-bond acceptors (Lipinski definition) is 0. The van der Waals surface area contributed by atoms with E-state index in [0.29, 0.717) is 10.6 Å². The molecule has 0 spiro atoms. The zero-order chi connectivity index (χ0) is 11.5. The van der Waals surface area contributed by atoms with Gasteiger partial charge in [0.15, 0.2) is 0 Å². The molecule has 0 saturated carbocycles. The van der Waals surface area contributed by atoms with Gasteiger partial charge < -0.3 is 0 Å². The monoisotopic (exact) mass is 234 g/mol. The number of hydrogen-bond donors (Lipinski definition) is 0. The molecule has 2 aromatic rings. The van der Waals surface area contributed by atoms with Gasteiger partial charge in [0.25, 0.3) is 0 Å². The summed E-state index contributed by atoms with van der Waals surface area (Å²) in [5.41, 5.74) is 2.53. The fourth-order valence-electron chi connectivity index (χ4n) is 1.68. The van der Waals surface area contributed by atoms with Gasteiger partial charge in [-0.25, -0.2) is 4.39 Å². The summed E-state index contributed by atoms with van der Waals surface area (Å²) < 4.78 is 13.6. The highest BCUT2D eigenvalue weighted by Gasteiger charge is 2.08. The number of benzene rings is 2. The van der Waals surface area contributed by atoms with Crippen LogP contribution in [0.3, 0.4) is 0 Å². The zero-order valence-corrected chi connectivity index (χ0v) is 9.76. The molecule has 2 aromatic carbocycles. The molecule has 2 rings (SSSR count). The lowest BCUT2D eigenvalue weighted by Crippen LogP contribution is -1.86. The van der Waals surface area contributed by atoms with Crippen molar-refractivity contribution in [3.63, 3.8) is 0 Å². The second kappa shape index (κ2) is 4.67. The van der Waals surface area contributed by atoms with Crippen molar-refractivity contribution >= 4 is 11.6 Å². The fourth-order valence-corrected chi connectivity index (χ4v) is 1.95. The Balaban J connectivity index is 2.50. The van der Waals surface area contributed by atoms with Gasteiger partial charge in [0.1, 0.15) is 5.82 Å². The summed E-state index contributed by atoms with van der Waals surface area (Å²) in [6, 6.07) is 12.5. The van der Waals surface area contributed by atoms with Crippen LogP contribution in [0.15, 0.2) is 42.5 Å². The zero-order valence-electron chi connectivity index (χ0n) is 9.00. The molecule has 0 N–H and O–H groups in total. The molecule has 0 bridgehead atoms. The Kier molecular flexibility index (Phi) is 3.25. The van der Waals surface area contributed by atoms with Crippen LogP contribution in [0.25, 0.3) is 11.1 Å². The maximum atomic E-state index is 13.6. The maximum absolute atomic E-state index is 13.6. The lowest BCUT2D eigenvalue weighted by atomic mass is 10.0. The molecule has 0 heterocycles. The van der Waals surface area contributed by atoms with Crippen LogP contribution in [0.1, 0.15) is 12.5 Å². The van der Waals surface area contributed by atoms with E-state index in [-0.39, 0.29) is 5.82 Å². The summed E-state index contributed by atoms with van der Waals surface area (Å²) >= 11 is 6.00. The minimum absolute atomic E-state index is 0.281. The van der Waals surface area contributed by atoms with Crippen LogP contribution in [0.2, 0.25) is 5.02 Å². The third-order valence-corrected chi connectivity index (χ3v) is 2.93. The molecular weight excluding hydrogens is 223 g/mol. The first-order valence-corrected chi connectivity index (χ1v) is 5.63. The lowest BCUT2D eigenvalue weighted by molar-refractivity contribution is 0.631. The predicted molar refractivity (Wildman–Crippen MR) is 66.2 cm³/mol. The van der Waals surface area contributed by atoms with Crippen molar-refractivity contribution in [2.75, 3.05) is 0 Å². The standard InChI is InChI=1S/C14H12ClF/c1-2-10-6-8-11(9-7-10)14-12(15)4-3-5-13(14)16/h3-9H,2H2,1H3. The summed E-state index contributed by atoms with van der Waals surface area (Å²) in [5, 5.41) is 0.448. The van der Waals surface area contributed by atoms with Crippen molar-refractivity contribution in [2.45, 2.75) is 13.3 Å². The van der Waals surface area contributed by atoms with E-state index >= 15 is 0 Å². The highest BCUT2D eigenvalue weighted by molar-refractivity contribution is 6.33. The van der Waals surface area contributed by atoms with E-state index in [1.807, 2.05) is 24.3 Å². The Labute approximate surface area is 99.7 Å². The van der Waals surface area contributed by atoms with Crippen molar-refractivity contribution < 1.29 is 4.39 Å². The van der Waals surface area contributed by atoms with E-state index < -0.39 is 0 Å². The van der Waals surface area contributed by atoms with Gasteiger partial charge in [-0.1, -0.05) is 48.9 Å². The van der Waals surface area contributed by atoms with Crippen LogP contribution in [-0.2, 0) is 6.42 Å². The van der Waals surface area contributed by atoms with Crippen LogP contribution in [0.5, 0.6) is 0 Å². The summed E-state index contributed by atoms with van der Waals surface area (Å²) in [6.45, 7) is 2.09. The summed E-state index contributed by atoms with van der Waals surface area (Å²) in [7, 11) is 0. The van der Waals surface area contributed by atoms with Gasteiger partial charge in [-0.15, -0.1) is 0 Å². The van der Waals surface area contributed by atoms with E-state index in [2.05, 4.69) is 6.92 Å². The quantitative estimate of drug-likeness (QED) is 0.706. The molecule has 16 heavy (non-hydrogen) atoms. The largest absolute Gasteiger partial charge is 0.206 e. The number of halogens is 2. The Morgan fingerprint density at radius 1 is 1.06 bits per heavy atom. The van der Waals surface area contributed by atoms with E-state index in [1.54, 1.807) is 12.1 Å². The Morgan fingerprint density at radius 3 is 2.31 bits per heavy atom. The SMILES string of the molecule is CCc1ccc(-c2c(F)cccc2Cl)cc1. The van der Waals surface area contributed by atoms with Crippen molar-refractivity contribution in [3.05, 3.63) is 58.9 Å². The normalized spacial score (nSPS) is 10.4. The van der Waals surface area contributed by atoms with E-state index in [4.69, 9.17) is 11.6 Å². The van der Waals surface area contributed by atoms with Gasteiger partial charge in [-0.2, -0.15) is 0 Å². The smallest absolute Gasteiger partial charge is 0.132 e. The molecule has 2 heteroatoms. The molecule has 0 aliphatic carbocycles. The fraction of sp³-hybridized carbons (Fsp3) is 0.143. The molecular formula is C14H12ClF. The lowest BCUT2D eigenvalue weighted by Gasteiger charge is -2.06. The van der Waals surface area contributed by atoms with Crippen LogP contribution in [0, 0.1) is 5.82 Å². The first-order chi connectivity index (χ1) is 7.72. The van der Waals surface area contributed by atoms with E-state index in [9.17, 15) is 4.39 Å². The van der Waals surface area contributed by atoms with Crippen molar-refractivity contribution in [1.82, 2.24) is 0 Å². The molecule has 0 saturated heterocycles. The predicted octanol–water partition coefficient (Wildman–Crippen LogP) is 4.71. The summed E-state index contributed by atoms with van der Waals surface area (Å²) in [5.74, 6) is -0.281. The highest BCUT2D eigenvalue weighted by atomic mass is 35.5. The number of aryl methyl sites for hydroxylation is 1. The van der Waals surface area contributed by atoms with Crippen LogP contribution >= 0.6 is 11.6 Å². The molecule has 0 aliphatic heterocycles. The van der Waals surface area contributed by atoms with Crippen LogP contribution < -0.4 is 0 Å². The van der Waals surface area contributed by atoms with Gasteiger partial charge in [-0.05, 0) is 29.7 Å². The molecule has 0 aliphatic rings. The van der Waals surface area contributed by atoms with Crippen molar-refractivity contribution in [3.8, 4) is 11.1 Å². The van der Waals surface area contributed by atoms with E-state index in [0.717, 1.165) is 12.0 Å². The van der Waals surface area contributed by atoms with Crippen molar-refractivity contribution in [1.29, 1.82) is 0 Å². The maximum Gasteiger partial charge on any atom is 0.132 e. The van der Waals surface area contributed by atoms with Crippen molar-refractivity contribution in [2.24, 2.45) is 0 Å². The molecule has 0 unspecified atom stereocenters. The minimum Gasteiger partial charge on any atom is -0.206 e. The first-order valence-electron chi connectivity index (χ1n) is 5.25. The first kappa shape index (κ1) is 11.2. The van der Waals surface area contributed by atoms with E-state index in [1.165, 1.54) is 11.6 Å².